The number of halogens is 1. The third-order valence-corrected chi connectivity index (χ3v) is 5.20. The highest BCUT2D eigenvalue weighted by Crippen LogP contribution is 2.21. The second-order valence-corrected chi connectivity index (χ2v) is 7.50. The molecule has 2 aromatic carbocycles. The van der Waals surface area contributed by atoms with E-state index in [2.05, 4.69) is 17.6 Å². The highest BCUT2D eigenvalue weighted by molar-refractivity contribution is 6.30. The summed E-state index contributed by atoms with van der Waals surface area (Å²) >= 11 is 5.90. The zero-order valence-corrected chi connectivity index (χ0v) is 16.8. The molecule has 28 heavy (non-hydrogen) atoms. The first-order chi connectivity index (χ1) is 13.6. The number of carbonyl (C=O) groups excluding carboxylic acids is 2. The molecule has 0 aliphatic carbocycles. The molecule has 1 heterocycles. The van der Waals surface area contributed by atoms with E-state index in [1.807, 2.05) is 24.3 Å². The second kappa shape index (κ2) is 9.71. The Morgan fingerprint density at radius 2 is 1.96 bits per heavy atom. The number of benzene rings is 2. The molecule has 6 heteroatoms. The summed E-state index contributed by atoms with van der Waals surface area (Å²) in [5.74, 6) is -0.293. The Hall–Kier alpha value is -2.37. The van der Waals surface area contributed by atoms with Gasteiger partial charge >= 0.3 is 0 Å². The van der Waals surface area contributed by atoms with Crippen molar-refractivity contribution in [1.29, 1.82) is 0 Å². The summed E-state index contributed by atoms with van der Waals surface area (Å²) in [6.45, 7) is 4.84. The second-order valence-electron chi connectivity index (χ2n) is 7.07. The quantitative estimate of drug-likeness (QED) is 0.773. The Labute approximate surface area is 171 Å². The number of hydrogen-bond donors (Lipinski definition) is 2. The van der Waals surface area contributed by atoms with Crippen molar-refractivity contribution >= 4 is 29.1 Å². The molecule has 2 amide bonds. The number of carbonyl (C=O) groups is 2. The van der Waals surface area contributed by atoms with Gasteiger partial charge in [0.1, 0.15) is 0 Å². The molecule has 0 aromatic heterocycles. The van der Waals surface area contributed by atoms with Crippen LogP contribution in [0, 0.1) is 5.92 Å². The lowest BCUT2D eigenvalue weighted by atomic mass is 9.96. The zero-order valence-electron chi connectivity index (χ0n) is 16.1. The number of amides is 2. The van der Waals surface area contributed by atoms with Crippen LogP contribution in [-0.4, -0.2) is 36.3 Å². The van der Waals surface area contributed by atoms with Crippen LogP contribution in [0.4, 0.5) is 5.69 Å². The fraction of sp³-hybridized carbons (Fsp3) is 0.364. The average Bonchev–Trinajstić information content (AvgIpc) is 2.72. The molecule has 2 N–H and O–H groups in total. The number of nitrogens with zero attached hydrogens (tertiary/aromatic N) is 1. The molecule has 0 bridgehead atoms. The monoisotopic (exact) mass is 399 g/mol. The van der Waals surface area contributed by atoms with E-state index in [-0.39, 0.29) is 17.7 Å². The van der Waals surface area contributed by atoms with Gasteiger partial charge in [-0.05, 0) is 61.3 Å². The first-order valence-electron chi connectivity index (χ1n) is 9.72. The molecule has 1 atom stereocenters. The summed E-state index contributed by atoms with van der Waals surface area (Å²) in [5, 5.41) is 6.89. The van der Waals surface area contributed by atoms with E-state index in [9.17, 15) is 9.59 Å². The van der Waals surface area contributed by atoms with E-state index in [1.165, 1.54) is 0 Å². The Kier molecular flexibility index (Phi) is 7.06. The van der Waals surface area contributed by atoms with Crippen LogP contribution in [0.25, 0.3) is 0 Å². The molecule has 0 spiro atoms. The molecule has 1 saturated heterocycles. The van der Waals surface area contributed by atoms with Crippen molar-refractivity contribution in [3.05, 3.63) is 64.7 Å². The Morgan fingerprint density at radius 1 is 1.18 bits per heavy atom. The summed E-state index contributed by atoms with van der Waals surface area (Å²) in [6, 6.07) is 14.7. The van der Waals surface area contributed by atoms with Gasteiger partial charge < -0.3 is 15.5 Å². The number of rotatable bonds is 6. The van der Waals surface area contributed by atoms with E-state index < -0.39 is 0 Å². The number of nitrogens with one attached hydrogen (secondary N) is 2. The normalized spacial score (nSPS) is 16.6. The highest BCUT2D eigenvalue weighted by Gasteiger charge is 2.29. The predicted molar refractivity (Wildman–Crippen MR) is 113 cm³/mol. The van der Waals surface area contributed by atoms with Crippen LogP contribution in [0.5, 0.6) is 0 Å². The van der Waals surface area contributed by atoms with Crippen LogP contribution < -0.4 is 10.6 Å². The summed E-state index contributed by atoms with van der Waals surface area (Å²) in [6.07, 6.45) is 1.60. The van der Waals surface area contributed by atoms with Crippen LogP contribution >= 0.6 is 11.6 Å². The van der Waals surface area contributed by atoms with E-state index in [1.54, 1.807) is 29.2 Å². The lowest BCUT2D eigenvalue weighted by Gasteiger charge is -2.32. The van der Waals surface area contributed by atoms with Crippen LogP contribution in [-0.2, 0) is 11.3 Å². The fourth-order valence-corrected chi connectivity index (χ4v) is 3.55. The highest BCUT2D eigenvalue weighted by atomic mass is 35.5. The van der Waals surface area contributed by atoms with Gasteiger partial charge in [0.25, 0.3) is 5.91 Å². The lowest BCUT2D eigenvalue weighted by Crippen LogP contribution is -2.43. The van der Waals surface area contributed by atoms with Gasteiger partial charge in [0.05, 0.1) is 5.92 Å². The molecule has 1 fully saturated rings. The number of likely N-dealkylation sites (tertiary alicyclic amines) is 1. The largest absolute Gasteiger partial charge is 0.338 e. The van der Waals surface area contributed by atoms with Crippen molar-refractivity contribution in [1.82, 2.24) is 10.2 Å². The van der Waals surface area contributed by atoms with E-state index in [0.29, 0.717) is 23.7 Å². The molecule has 0 saturated carbocycles. The van der Waals surface area contributed by atoms with Gasteiger partial charge in [-0.25, -0.2) is 0 Å². The molecule has 0 radical (unpaired) electrons. The van der Waals surface area contributed by atoms with Gasteiger partial charge in [0.2, 0.25) is 5.91 Å². The third kappa shape index (κ3) is 5.33. The van der Waals surface area contributed by atoms with E-state index in [0.717, 1.165) is 37.2 Å². The molecule has 1 aliphatic rings. The van der Waals surface area contributed by atoms with Gasteiger partial charge in [0, 0.05) is 35.9 Å². The first kappa shape index (κ1) is 20.4. The maximum Gasteiger partial charge on any atom is 0.253 e. The molecular weight excluding hydrogens is 374 g/mol. The van der Waals surface area contributed by atoms with E-state index >= 15 is 0 Å². The Bertz CT molecular complexity index is 823. The Morgan fingerprint density at radius 3 is 2.71 bits per heavy atom. The average molecular weight is 400 g/mol. The van der Waals surface area contributed by atoms with Crippen molar-refractivity contribution in [3.8, 4) is 0 Å². The van der Waals surface area contributed by atoms with Gasteiger partial charge in [-0.3, -0.25) is 9.59 Å². The molecule has 148 valence electrons. The summed E-state index contributed by atoms with van der Waals surface area (Å²) < 4.78 is 0. The minimum absolute atomic E-state index is 0.0331. The minimum atomic E-state index is -0.206. The number of piperidine rings is 1. The molecule has 1 unspecified atom stereocenters. The topological polar surface area (TPSA) is 61.4 Å². The third-order valence-electron chi connectivity index (χ3n) is 4.94. The van der Waals surface area contributed by atoms with Crippen LogP contribution in [0.3, 0.4) is 0 Å². The van der Waals surface area contributed by atoms with Crippen LogP contribution in [0.2, 0.25) is 5.02 Å². The first-order valence-corrected chi connectivity index (χ1v) is 10.1. The van der Waals surface area contributed by atoms with Crippen molar-refractivity contribution < 1.29 is 9.59 Å². The van der Waals surface area contributed by atoms with Gasteiger partial charge in [-0.15, -0.1) is 0 Å². The number of hydrogen-bond acceptors (Lipinski definition) is 3. The molecular formula is C22H26ClN3O2. The van der Waals surface area contributed by atoms with Crippen molar-refractivity contribution in [3.63, 3.8) is 0 Å². The maximum absolute atomic E-state index is 12.8. The summed E-state index contributed by atoms with van der Waals surface area (Å²) in [7, 11) is 0. The summed E-state index contributed by atoms with van der Waals surface area (Å²) in [4.78, 5) is 27.2. The van der Waals surface area contributed by atoms with Gasteiger partial charge in [0.15, 0.2) is 0 Å². The molecule has 5 nitrogen and oxygen atoms in total. The zero-order chi connectivity index (χ0) is 19.9. The van der Waals surface area contributed by atoms with Gasteiger partial charge in [-0.1, -0.05) is 30.7 Å². The van der Waals surface area contributed by atoms with Crippen LogP contribution in [0.1, 0.15) is 35.7 Å². The van der Waals surface area contributed by atoms with Gasteiger partial charge in [-0.2, -0.15) is 0 Å². The maximum atomic E-state index is 12.8. The Balaban J connectivity index is 1.61. The number of anilines is 1. The van der Waals surface area contributed by atoms with E-state index in [4.69, 9.17) is 11.6 Å². The van der Waals surface area contributed by atoms with Crippen molar-refractivity contribution in [2.75, 3.05) is 25.0 Å². The fourth-order valence-electron chi connectivity index (χ4n) is 3.42. The van der Waals surface area contributed by atoms with Crippen molar-refractivity contribution in [2.24, 2.45) is 5.92 Å². The molecule has 2 aromatic rings. The van der Waals surface area contributed by atoms with Crippen LogP contribution in [0.15, 0.2) is 48.5 Å². The predicted octanol–water partition coefficient (Wildman–Crippen LogP) is 3.94. The smallest absolute Gasteiger partial charge is 0.253 e. The lowest BCUT2D eigenvalue weighted by molar-refractivity contribution is -0.121. The molecule has 1 aliphatic heterocycles. The minimum Gasteiger partial charge on any atom is -0.338 e. The summed E-state index contributed by atoms with van der Waals surface area (Å²) in [5.41, 5.74) is 2.52. The standard InChI is InChI=1S/C22H26ClN3O2/c1-2-24-14-16-5-3-7-20(13-16)25-21(27)18-6-4-12-26(15-18)22(28)17-8-10-19(23)11-9-17/h3,5,7-11,13,18,24H,2,4,6,12,14-15H2,1H3,(H,25,27). The van der Waals surface area contributed by atoms with Crippen molar-refractivity contribution in [2.45, 2.75) is 26.3 Å². The SMILES string of the molecule is CCNCc1cccc(NC(=O)C2CCCN(C(=O)c3ccc(Cl)cc3)C2)c1. The molecule has 3 rings (SSSR count).